The van der Waals surface area contributed by atoms with Gasteiger partial charge >= 0.3 is 0 Å². The third-order valence-corrected chi connectivity index (χ3v) is 2.86. The molecule has 0 radical (unpaired) electrons. The monoisotopic (exact) mass is 284 g/mol. The van der Waals surface area contributed by atoms with Crippen LogP contribution >= 0.6 is 12.4 Å². The van der Waals surface area contributed by atoms with Crippen LogP contribution in [0.2, 0.25) is 0 Å². The molecular weight excluding hydrogens is 268 g/mol. The number of methoxy groups -OCH3 is 1. The fourth-order valence-corrected chi connectivity index (χ4v) is 1.97. The molecule has 1 fully saturated rings. The highest BCUT2D eigenvalue weighted by atomic mass is 35.5. The second-order valence-electron chi connectivity index (χ2n) is 4.11. The number of nitrogens with zero attached hydrogens (tertiary/aromatic N) is 1. The van der Waals surface area contributed by atoms with Crippen LogP contribution in [0, 0.1) is 0 Å². The Morgan fingerprint density at radius 2 is 2.00 bits per heavy atom. The summed E-state index contributed by atoms with van der Waals surface area (Å²) >= 11 is 0. The van der Waals surface area contributed by atoms with Crippen molar-refractivity contribution in [2.75, 3.05) is 25.2 Å². The number of rotatable bonds is 5. The zero-order valence-electron chi connectivity index (χ0n) is 10.7. The molecule has 5 nitrogen and oxygen atoms in total. The van der Waals surface area contributed by atoms with Crippen LogP contribution in [0.3, 0.4) is 0 Å². The van der Waals surface area contributed by atoms with Gasteiger partial charge < -0.3 is 10.1 Å². The van der Waals surface area contributed by atoms with E-state index in [2.05, 4.69) is 5.32 Å². The Morgan fingerprint density at radius 3 is 2.63 bits per heavy atom. The lowest BCUT2D eigenvalue weighted by atomic mass is 10.2. The van der Waals surface area contributed by atoms with Crippen LogP contribution < -0.4 is 10.2 Å². The topological polar surface area (TPSA) is 58.6 Å². The molecule has 2 rings (SSSR count). The van der Waals surface area contributed by atoms with Crippen LogP contribution in [-0.4, -0.2) is 38.1 Å². The van der Waals surface area contributed by atoms with E-state index in [1.54, 1.807) is 19.2 Å². The molecule has 1 atom stereocenters. The minimum atomic E-state index is -0.437. The number of nitrogens with one attached hydrogen (secondary N) is 1. The molecule has 104 valence electrons. The summed E-state index contributed by atoms with van der Waals surface area (Å²) in [5, 5.41) is 3.03. The Balaban J connectivity index is 0.00000180. The second-order valence-corrected chi connectivity index (χ2v) is 4.11. The summed E-state index contributed by atoms with van der Waals surface area (Å²) in [4.78, 5) is 25.2. The van der Waals surface area contributed by atoms with Crippen LogP contribution in [-0.2, 0) is 14.3 Å². The molecule has 0 aromatic heterocycles. The van der Waals surface area contributed by atoms with E-state index in [1.165, 1.54) is 4.90 Å². The van der Waals surface area contributed by atoms with E-state index in [1.807, 2.05) is 18.2 Å². The first-order valence-electron chi connectivity index (χ1n) is 5.88. The molecule has 1 N–H and O–H groups in total. The van der Waals surface area contributed by atoms with Gasteiger partial charge in [0.05, 0.1) is 24.8 Å². The molecule has 0 spiro atoms. The third kappa shape index (κ3) is 3.53. The van der Waals surface area contributed by atoms with Crippen molar-refractivity contribution in [3.8, 4) is 0 Å². The van der Waals surface area contributed by atoms with Crippen molar-refractivity contribution in [1.82, 2.24) is 5.32 Å². The molecule has 1 aliphatic rings. The molecule has 0 aliphatic carbocycles. The summed E-state index contributed by atoms with van der Waals surface area (Å²) in [5.74, 6) is -0.358. The molecular formula is C13H17ClN2O3. The zero-order chi connectivity index (χ0) is 13.0. The van der Waals surface area contributed by atoms with Gasteiger partial charge in [0, 0.05) is 13.7 Å². The molecule has 1 aromatic carbocycles. The van der Waals surface area contributed by atoms with E-state index < -0.39 is 6.04 Å². The van der Waals surface area contributed by atoms with Gasteiger partial charge in [-0.25, -0.2) is 4.90 Å². The first kappa shape index (κ1) is 15.6. The maximum Gasteiger partial charge on any atom is 0.251 e. The fraction of sp³-hybridized carbons (Fsp3) is 0.385. The van der Waals surface area contributed by atoms with Crippen LogP contribution in [0.5, 0.6) is 0 Å². The Labute approximate surface area is 118 Å². The fourth-order valence-electron chi connectivity index (χ4n) is 1.97. The summed E-state index contributed by atoms with van der Waals surface area (Å²) in [6.07, 6.45) is 0.206. The number of ether oxygens (including phenoxy) is 1. The summed E-state index contributed by atoms with van der Waals surface area (Å²) in [5.41, 5.74) is 0.628. The maximum atomic E-state index is 12.1. The van der Waals surface area contributed by atoms with Crippen molar-refractivity contribution < 1.29 is 14.3 Å². The van der Waals surface area contributed by atoms with Crippen LogP contribution in [0.25, 0.3) is 0 Å². The highest BCUT2D eigenvalue weighted by Gasteiger charge is 2.38. The normalized spacial score (nSPS) is 18.6. The van der Waals surface area contributed by atoms with E-state index in [9.17, 15) is 9.59 Å². The number of amides is 2. The minimum Gasteiger partial charge on any atom is -0.383 e. The van der Waals surface area contributed by atoms with E-state index in [0.717, 1.165) is 0 Å². The number of benzene rings is 1. The van der Waals surface area contributed by atoms with E-state index in [0.29, 0.717) is 18.8 Å². The van der Waals surface area contributed by atoms with Crippen molar-refractivity contribution >= 4 is 29.9 Å². The lowest BCUT2D eigenvalue weighted by Gasteiger charge is -2.15. The van der Waals surface area contributed by atoms with Gasteiger partial charge in [-0.2, -0.15) is 0 Å². The molecule has 1 heterocycles. The standard InChI is InChI=1S/C13H16N2O3.ClH/c1-18-8-7-14-11-9-12(16)15(13(11)17)10-5-3-2-4-6-10;/h2-6,11,14H,7-9H2,1H3;1H. The number of halogens is 1. The lowest BCUT2D eigenvalue weighted by Crippen LogP contribution is -2.40. The van der Waals surface area contributed by atoms with Gasteiger partial charge in [0.1, 0.15) is 0 Å². The molecule has 6 heteroatoms. The summed E-state index contributed by atoms with van der Waals surface area (Å²) in [6, 6.07) is 8.54. The Bertz CT molecular complexity index is 439. The Morgan fingerprint density at radius 1 is 1.32 bits per heavy atom. The van der Waals surface area contributed by atoms with Crippen LogP contribution in [0.4, 0.5) is 5.69 Å². The summed E-state index contributed by atoms with van der Waals surface area (Å²) in [7, 11) is 1.60. The summed E-state index contributed by atoms with van der Waals surface area (Å²) in [6.45, 7) is 1.08. The number of carbonyl (C=O) groups is 2. The molecule has 19 heavy (non-hydrogen) atoms. The molecule has 1 aliphatic heterocycles. The zero-order valence-corrected chi connectivity index (χ0v) is 11.5. The van der Waals surface area contributed by atoms with Gasteiger partial charge in [0.25, 0.3) is 5.91 Å². The second kappa shape index (κ2) is 7.23. The van der Waals surface area contributed by atoms with Crippen molar-refractivity contribution in [1.29, 1.82) is 0 Å². The molecule has 1 saturated heterocycles. The van der Waals surface area contributed by atoms with Crippen molar-refractivity contribution in [3.63, 3.8) is 0 Å². The summed E-state index contributed by atoms with van der Waals surface area (Å²) < 4.78 is 4.90. The molecule has 0 saturated carbocycles. The molecule has 0 bridgehead atoms. The van der Waals surface area contributed by atoms with E-state index in [-0.39, 0.29) is 30.6 Å². The van der Waals surface area contributed by atoms with Crippen molar-refractivity contribution in [2.24, 2.45) is 0 Å². The predicted molar refractivity (Wildman–Crippen MR) is 74.5 cm³/mol. The van der Waals surface area contributed by atoms with Crippen molar-refractivity contribution in [2.45, 2.75) is 12.5 Å². The van der Waals surface area contributed by atoms with Gasteiger partial charge in [0.2, 0.25) is 5.91 Å². The third-order valence-electron chi connectivity index (χ3n) is 2.86. The van der Waals surface area contributed by atoms with E-state index >= 15 is 0 Å². The number of imide groups is 1. The largest absolute Gasteiger partial charge is 0.383 e. The number of hydrogen-bond donors (Lipinski definition) is 1. The Hall–Kier alpha value is -1.43. The number of hydrogen-bond acceptors (Lipinski definition) is 4. The molecule has 1 aromatic rings. The quantitative estimate of drug-likeness (QED) is 0.647. The number of anilines is 1. The predicted octanol–water partition coefficient (Wildman–Crippen LogP) is 0.976. The first-order chi connectivity index (χ1) is 8.74. The van der Waals surface area contributed by atoms with E-state index in [4.69, 9.17) is 4.74 Å². The van der Waals surface area contributed by atoms with Gasteiger partial charge in [-0.05, 0) is 12.1 Å². The van der Waals surface area contributed by atoms with Gasteiger partial charge in [-0.15, -0.1) is 12.4 Å². The van der Waals surface area contributed by atoms with Crippen molar-refractivity contribution in [3.05, 3.63) is 30.3 Å². The smallest absolute Gasteiger partial charge is 0.251 e. The Kier molecular flexibility index (Phi) is 5.95. The molecule has 1 unspecified atom stereocenters. The van der Waals surface area contributed by atoms with Gasteiger partial charge in [0.15, 0.2) is 0 Å². The average Bonchev–Trinajstić information content (AvgIpc) is 2.66. The SMILES string of the molecule is COCCNC1CC(=O)N(c2ccccc2)C1=O.Cl. The number of para-hydroxylation sites is 1. The van der Waals surface area contributed by atoms with Gasteiger partial charge in [-0.3, -0.25) is 9.59 Å². The lowest BCUT2D eigenvalue weighted by molar-refractivity contribution is -0.121. The average molecular weight is 285 g/mol. The molecule has 2 amide bonds. The highest BCUT2D eigenvalue weighted by Crippen LogP contribution is 2.22. The number of carbonyl (C=O) groups excluding carboxylic acids is 2. The maximum absolute atomic E-state index is 12.1. The van der Waals surface area contributed by atoms with Crippen LogP contribution in [0.1, 0.15) is 6.42 Å². The minimum absolute atomic E-state index is 0. The van der Waals surface area contributed by atoms with Crippen LogP contribution in [0.15, 0.2) is 30.3 Å². The first-order valence-corrected chi connectivity index (χ1v) is 5.88. The van der Waals surface area contributed by atoms with Gasteiger partial charge in [-0.1, -0.05) is 18.2 Å². The highest BCUT2D eigenvalue weighted by molar-refractivity contribution is 6.22.